The fourth-order valence-corrected chi connectivity index (χ4v) is 4.09. The number of hydrogen-bond acceptors (Lipinski definition) is 5. The van der Waals surface area contributed by atoms with Crippen LogP contribution in [0.25, 0.3) is 16.6 Å². The molecule has 8 heteroatoms. The third-order valence-electron chi connectivity index (χ3n) is 4.64. The summed E-state index contributed by atoms with van der Waals surface area (Å²) in [6.07, 6.45) is 1.57. The maximum Gasteiger partial charge on any atom is 0.266 e. The molecule has 1 heterocycles. The van der Waals surface area contributed by atoms with Gasteiger partial charge in [-0.2, -0.15) is 5.10 Å². The molecule has 0 aliphatic rings. The van der Waals surface area contributed by atoms with Crippen molar-refractivity contribution < 1.29 is 4.79 Å². The third kappa shape index (κ3) is 5.15. The lowest BCUT2D eigenvalue weighted by Gasteiger charge is -2.13. The van der Waals surface area contributed by atoms with E-state index in [-0.39, 0.29) is 17.2 Å². The summed E-state index contributed by atoms with van der Waals surface area (Å²) in [7, 11) is 0. The van der Waals surface area contributed by atoms with Crippen LogP contribution in [0, 0.1) is 6.92 Å². The van der Waals surface area contributed by atoms with Crippen LogP contribution < -0.4 is 11.0 Å². The molecule has 1 N–H and O–H groups in total. The lowest BCUT2D eigenvalue weighted by molar-refractivity contribution is -0.118. The summed E-state index contributed by atoms with van der Waals surface area (Å²) in [5.41, 5.74) is 5.60. The van der Waals surface area contributed by atoms with E-state index >= 15 is 0 Å². The molecule has 1 amide bonds. The van der Waals surface area contributed by atoms with Crippen molar-refractivity contribution in [2.45, 2.75) is 12.1 Å². The van der Waals surface area contributed by atoms with Gasteiger partial charge in [0.25, 0.3) is 11.5 Å². The second kappa shape index (κ2) is 9.93. The number of aromatic nitrogens is 2. The van der Waals surface area contributed by atoms with Crippen molar-refractivity contribution in [3.05, 3.63) is 98.7 Å². The van der Waals surface area contributed by atoms with Crippen LogP contribution in [0.1, 0.15) is 11.1 Å². The number of fused-ring (bicyclic) bond motifs is 1. The number of hydrogen-bond donors (Lipinski definition) is 1. The van der Waals surface area contributed by atoms with E-state index < -0.39 is 0 Å². The van der Waals surface area contributed by atoms with Crippen LogP contribution in [0.15, 0.2) is 92.3 Å². The van der Waals surface area contributed by atoms with Crippen LogP contribution >= 0.6 is 27.7 Å². The van der Waals surface area contributed by atoms with Gasteiger partial charge in [0, 0.05) is 4.47 Å². The van der Waals surface area contributed by atoms with Gasteiger partial charge in [0.05, 0.1) is 28.6 Å². The van der Waals surface area contributed by atoms with Gasteiger partial charge in [-0.15, -0.1) is 0 Å². The molecule has 0 radical (unpaired) electrons. The first kappa shape index (κ1) is 22.0. The Morgan fingerprint density at radius 2 is 1.81 bits per heavy atom. The Kier molecular flexibility index (Phi) is 6.82. The first-order valence-corrected chi connectivity index (χ1v) is 11.6. The average Bonchev–Trinajstić information content (AvgIpc) is 2.80. The number of thioether (sulfide) groups is 1. The first-order valence-electron chi connectivity index (χ1n) is 9.80. The number of rotatable bonds is 6. The number of para-hydroxylation sites is 1. The highest BCUT2D eigenvalue weighted by molar-refractivity contribution is 9.10. The molecular weight excluding hydrogens is 488 g/mol. The van der Waals surface area contributed by atoms with Gasteiger partial charge in [0.15, 0.2) is 5.16 Å². The van der Waals surface area contributed by atoms with Gasteiger partial charge in [0.1, 0.15) is 0 Å². The van der Waals surface area contributed by atoms with E-state index in [1.54, 1.807) is 22.9 Å². The van der Waals surface area contributed by atoms with Crippen molar-refractivity contribution >= 4 is 50.7 Å². The molecule has 32 heavy (non-hydrogen) atoms. The monoisotopic (exact) mass is 506 g/mol. The van der Waals surface area contributed by atoms with E-state index in [4.69, 9.17) is 0 Å². The number of hydrazone groups is 1. The molecule has 0 spiro atoms. The van der Waals surface area contributed by atoms with E-state index in [0.717, 1.165) is 15.6 Å². The molecule has 0 atom stereocenters. The Morgan fingerprint density at radius 3 is 2.56 bits per heavy atom. The van der Waals surface area contributed by atoms with E-state index in [1.165, 1.54) is 11.8 Å². The summed E-state index contributed by atoms with van der Waals surface area (Å²) in [5, 5.41) is 4.98. The summed E-state index contributed by atoms with van der Waals surface area (Å²) >= 11 is 4.57. The Hall–Kier alpha value is -3.23. The summed E-state index contributed by atoms with van der Waals surface area (Å²) in [5.74, 6) is -0.227. The number of benzene rings is 3. The van der Waals surface area contributed by atoms with Crippen molar-refractivity contribution in [3.63, 3.8) is 0 Å². The molecule has 0 aliphatic heterocycles. The fourth-order valence-electron chi connectivity index (χ4n) is 3.02. The van der Waals surface area contributed by atoms with Gasteiger partial charge in [-0.25, -0.2) is 10.4 Å². The van der Waals surface area contributed by atoms with Gasteiger partial charge in [-0.3, -0.25) is 14.2 Å². The lowest BCUT2D eigenvalue weighted by atomic mass is 10.2. The molecular formula is C24H19BrN4O2S. The highest BCUT2D eigenvalue weighted by Gasteiger charge is 2.14. The Bertz CT molecular complexity index is 1350. The molecule has 4 rings (SSSR count). The van der Waals surface area contributed by atoms with E-state index in [1.807, 2.05) is 67.6 Å². The Balaban J connectivity index is 1.56. The van der Waals surface area contributed by atoms with Crippen LogP contribution in [0.2, 0.25) is 0 Å². The van der Waals surface area contributed by atoms with Crippen molar-refractivity contribution in [2.75, 3.05) is 5.75 Å². The molecule has 1 aromatic heterocycles. The maximum atomic E-state index is 13.2. The Morgan fingerprint density at radius 1 is 1.09 bits per heavy atom. The molecule has 6 nitrogen and oxygen atoms in total. The Labute approximate surface area is 197 Å². The maximum absolute atomic E-state index is 13.2. The van der Waals surface area contributed by atoms with Crippen LogP contribution in [0.4, 0.5) is 0 Å². The fraction of sp³-hybridized carbons (Fsp3) is 0.0833. The van der Waals surface area contributed by atoms with Crippen molar-refractivity contribution in [3.8, 4) is 5.69 Å². The topological polar surface area (TPSA) is 76.3 Å². The zero-order valence-electron chi connectivity index (χ0n) is 17.2. The minimum atomic E-state index is -0.291. The number of carbonyl (C=O) groups is 1. The van der Waals surface area contributed by atoms with Crippen molar-refractivity contribution in [2.24, 2.45) is 5.10 Å². The molecule has 160 valence electrons. The van der Waals surface area contributed by atoms with E-state index in [9.17, 15) is 9.59 Å². The number of halogens is 1. The summed E-state index contributed by atoms with van der Waals surface area (Å²) in [4.78, 5) is 30.2. The van der Waals surface area contributed by atoms with Crippen LogP contribution in [0.3, 0.4) is 0 Å². The number of carbonyl (C=O) groups excluding carboxylic acids is 1. The summed E-state index contributed by atoms with van der Waals surface area (Å²) in [6, 6.07) is 22.4. The molecule has 0 aliphatic carbocycles. The predicted molar refractivity (Wildman–Crippen MR) is 133 cm³/mol. The molecule has 0 unspecified atom stereocenters. The number of aryl methyl sites for hydroxylation is 1. The normalized spacial score (nSPS) is 11.2. The van der Waals surface area contributed by atoms with E-state index in [0.29, 0.717) is 21.7 Å². The molecule has 0 bridgehead atoms. The number of nitrogens with one attached hydrogen (secondary N) is 1. The molecule has 0 saturated carbocycles. The zero-order chi connectivity index (χ0) is 22.5. The van der Waals surface area contributed by atoms with Gasteiger partial charge in [-0.1, -0.05) is 69.7 Å². The standard InChI is InChI=1S/C24H19BrN4O2S/c1-16-6-12-19(13-7-16)29-23(31)20-4-2-3-5-21(20)27-24(29)32-15-22(30)28-26-14-17-8-10-18(25)11-9-17/h2-14H,15H2,1H3,(H,28,30). The van der Waals surface area contributed by atoms with Crippen molar-refractivity contribution in [1.82, 2.24) is 15.0 Å². The highest BCUT2D eigenvalue weighted by Crippen LogP contribution is 2.21. The lowest BCUT2D eigenvalue weighted by Crippen LogP contribution is -2.24. The quantitative estimate of drug-likeness (QED) is 0.178. The smallest absolute Gasteiger partial charge is 0.266 e. The minimum absolute atomic E-state index is 0.0638. The minimum Gasteiger partial charge on any atom is -0.272 e. The van der Waals surface area contributed by atoms with Gasteiger partial charge >= 0.3 is 0 Å². The van der Waals surface area contributed by atoms with Crippen LogP contribution in [-0.4, -0.2) is 27.4 Å². The largest absolute Gasteiger partial charge is 0.272 e. The summed E-state index contributed by atoms with van der Waals surface area (Å²) < 4.78 is 2.52. The average molecular weight is 507 g/mol. The van der Waals surface area contributed by atoms with Crippen LogP contribution in [0.5, 0.6) is 0 Å². The van der Waals surface area contributed by atoms with Crippen LogP contribution in [-0.2, 0) is 4.79 Å². The number of amides is 1. The van der Waals surface area contributed by atoms with Gasteiger partial charge in [-0.05, 0) is 48.9 Å². The molecule has 0 fully saturated rings. The highest BCUT2D eigenvalue weighted by atomic mass is 79.9. The first-order chi connectivity index (χ1) is 15.5. The second-order valence-electron chi connectivity index (χ2n) is 7.02. The third-order valence-corrected chi connectivity index (χ3v) is 6.11. The SMILES string of the molecule is Cc1ccc(-n2c(SCC(=O)NN=Cc3ccc(Br)cc3)nc3ccccc3c2=O)cc1. The predicted octanol–water partition coefficient (Wildman–Crippen LogP) is 4.70. The molecule has 3 aromatic carbocycles. The molecule has 4 aromatic rings. The second-order valence-corrected chi connectivity index (χ2v) is 8.88. The van der Waals surface area contributed by atoms with Crippen molar-refractivity contribution in [1.29, 1.82) is 0 Å². The van der Waals surface area contributed by atoms with Gasteiger partial charge in [0.2, 0.25) is 0 Å². The summed E-state index contributed by atoms with van der Waals surface area (Å²) in [6.45, 7) is 1.99. The molecule has 0 saturated heterocycles. The van der Waals surface area contributed by atoms with Gasteiger partial charge < -0.3 is 0 Å². The number of nitrogens with zero attached hydrogens (tertiary/aromatic N) is 3. The zero-order valence-corrected chi connectivity index (χ0v) is 19.6. The van der Waals surface area contributed by atoms with E-state index in [2.05, 4.69) is 31.4 Å².